The molecule has 1 aliphatic heterocycles. The van der Waals surface area contributed by atoms with Crippen molar-refractivity contribution in [3.63, 3.8) is 0 Å². The third-order valence-electron chi connectivity index (χ3n) is 3.61. The predicted octanol–water partition coefficient (Wildman–Crippen LogP) is 2.45. The molecule has 1 amide bonds. The van der Waals surface area contributed by atoms with Gasteiger partial charge in [0.1, 0.15) is 6.10 Å². The lowest BCUT2D eigenvalue weighted by Crippen LogP contribution is -2.33. The highest BCUT2D eigenvalue weighted by Crippen LogP contribution is 2.21. The Bertz CT molecular complexity index is 703. The molecule has 5 nitrogen and oxygen atoms in total. The molecule has 0 aliphatic carbocycles. The highest BCUT2D eigenvalue weighted by molar-refractivity contribution is 5.96. The number of hydrogen-bond acceptors (Lipinski definition) is 3. The van der Waals surface area contributed by atoms with E-state index < -0.39 is 5.79 Å². The third-order valence-corrected chi connectivity index (χ3v) is 3.61. The van der Waals surface area contributed by atoms with Gasteiger partial charge in [0, 0.05) is 29.7 Å². The first kappa shape index (κ1) is 14.8. The van der Waals surface area contributed by atoms with E-state index in [4.69, 9.17) is 9.47 Å². The van der Waals surface area contributed by atoms with E-state index in [2.05, 4.69) is 10.3 Å². The van der Waals surface area contributed by atoms with Gasteiger partial charge in [-0.15, -0.1) is 0 Å². The Balaban J connectivity index is 1.55. The van der Waals surface area contributed by atoms with E-state index in [9.17, 15) is 4.79 Å². The largest absolute Gasteiger partial charge is 0.361 e. The van der Waals surface area contributed by atoms with Crippen molar-refractivity contribution in [1.82, 2.24) is 10.3 Å². The first-order valence-electron chi connectivity index (χ1n) is 7.37. The Morgan fingerprint density at radius 1 is 1.45 bits per heavy atom. The summed E-state index contributed by atoms with van der Waals surface area (Å²) in [6.07, 6.45) is 5.14. The van der Waals surface area contributed by atoms with Crippen LogP contribution in [0.1, 0.15) is 19.4 Å². The fraction of sp³-hybridized carbons (Fsp3) is 0.353. The molecule has 0 spiro atoms. The number of nitrogens with one attached hydrogen (secondary N) is 2. The number of carbonyl (C=O) groups excluding carboxylic acids is 1. The number of ether oxygens (including phenoxy) is 2. The zero-order chi connectivity index (χ0) is 15.6. The maximum Gasteiger partial charge on any atom is 0.244 e. The van der Waals surface area contributed by atoms with Crippen LogP contribution in [-0.2, 0) is 14.3 Å². The SMILES string of the molecule is CC1(C)OCC(CNC(=O)C=Cc2c[nH]c3ccccc23)O1. The highest BCUT2D eigenvalue weighted by Gasteiger charge is 2.32. The zero-order valence-electron chi connectivity index (χ0n) is 12.8. The van der Waals surface area contributed by atoms with Crippen LogP contribution in [0.2, 0.25) is 0 Å². The molecule has 1 aromatic carbocycles. The fourth-order valence-electron chi connectivity index (χ4n) is 2.53. The molecular formula is C17H20N2O3. The van der Waals surface area contributed by atoms with E-state index >= 15 is 0 Å². The molecule has 1 unspecified atom stereocenters. The monoisotopic (exact) mass is 300 g/mol. The molecule has 1 atom stereocenters. The molecule has 116 valence electrons. The lowest BCUT2D eigenvalue weighted by molar-refractivity contribution is -0.139. The second-order valence-corrected chi connectivity index (χ2v) is 5.82. The Morgan fingerprint density at radius 3 is 3.05 bits per heavy atom. The number of aromatic amines is 1. The van der Waals surface area contributed by atoms with E-state index in [1.807, 2.05) is 50.4 Å². The van der Waals surface area contributed by atoms with Gasteiger partial charge in [0.25, 0.3) is 0 Å². The Kier molecular flexibility index (Phi) is 4.00. The standard InChI is InChI=1S/C17H20N2O3/c1-17(2)21-11-13(22-17)10-19-16(20)8-7-12-9-18-15-6-4-3-5-14(12)15/h3-9,13,18H,10-11H2,1-2H3,(H,19,20). The summed E-state index contributed by atoms with van der Waals surface area (Å²) in [5.74, 6) is -0.700. The highest BCUT2D eigenvalue weighted by atomic mass is 16.7. The summed E-state index contributed by atoms with van der Waals surface area (Å²) in [6, 6.07) is 7.98. The number of rotatable bonds is 4. The van der Waals surface area contributed by atoms with Crippen molar-refractivity contribution in [2.45, 2.75) is 25.7 Å². The second kappa shape index (κ2) is 5.94. The summed E-state index contributed by atoms with van der Waals surface area (Å²) in [5.41, 5.74) is 2.05. The summed E-state index contributed by atoms with van der Waals surface area (Å²) < 4.78 is 11.1. The number of fused-ring (bicyclic) bond motifs is 1. The molecule has 0 saturated carbocycles. The Labute approximate surface area is 129 Å². The summed E-state index contributed by atoms with van der Waals surface area (Å²) in [7, 11) is 0. The van der Waals surface area contributed by atoms with Crippen LogP contribution in [0.3, 0.4) is 0 Å². The average molecular weight is 300 g/mol. The summed E-state index contributed by atoms with van der Waals surface area (Å²) >= 11 is 0. The van der Waals surface area contributed by atoms with E-state index in [-0.39, 0.29) is 12.0 Å². The van der Waals surface area contributed by atoms with Gasteiger partial charge in [-0.1, -0.05) is 18.2 Å². The molecule has 0 radical (unpaired) electrons. The molecule has 2 aromatic rings. The molecule has 0 bridgehead atoms. The van der Waals surface area contributed by atoms with Crippen molar-refractivity contribution in [2.75, 3.05) is 13.2 Å². The number of amides is 1. The fourth-order valence-corrected chi connectivity index (χ4v) is 2.53. The lowest BCUT2D eigenvalue weighted by atomic mass is 10.1. The van der Waals surface area contributed by atoms with Crippen LogP contribution in [0.25, 0.3) is 17.0 Å². The van der Waals surface area contributed by atoms with E-state index in [0.717, 1.165) is 16.5 Å². The smallest absolute Gasteiger partial charge is 0.244 e. The van der Waals surface area contributed by atoms with Gasteiger partial charge in [-0.25, -0.2) is 0 Å². The number of hydrogen-bond donors (Lipinski definition) is 2. The maximum atomic E-state index is 11.9. The third kappa shape index (κ3) is 3.37. The first-order valence-corrected chi connectivity index (χ1v) is 7.37. The van der Waals surface area contributed by atoms with Crippen LogP contribution in [0, 0.1) is 0 Å². The Morgan fingerprint density at radius 2 is 2.27 bits per heavy atom. The molecule has 1 aliphatic rings. The van der Waals surface area contributed by atoms with Crippen molar-refractivity contribution >= 4 is 22.9 Å². The van der Waals surface area contributed by atoms with Crippen LogP contribution in [-0.4, -0.2) is 35.9 Å². The molecule has 1 aromatic heterocycles. The molecule has 2 N–H and O–H groups in total. The van der Waals surface area contributed by atoms with Gasteiger partial charge >= 0.3 is 0 Å². The van der Waals surface area contributed by atoms with Gasteiger partial charge in [-0.3, -0.25) is 4.79 Å². The molecule has 2 heterocycles. The minimum absolute atomic E-state index is 0.0968. The van der Waals surface area contributed by atoms with Gasteiger partial charge in [-0.05, 0) is 31.6 Å². The van der Waals surface area contributed by atoms with Gasteiger partial charge in [0.05, 0.1) is 6.61 Å². The summed E-state index contributed by atoms with van der Waals surface area (Å²) in [6.45, 7) is 4.68. The number of aromatic nitrogens is 1. The molecule has 1 saturated heterocycles. The molecular weight excluding hydrogens is 280 g/mol. The van der Waals surface area contributed by atoms with E-state index in [0.29, 0.717) is 13.2 Å². The van der Waals surface area contributed by atoms with Crippen molar-refractivity contribution in [3.05, 3.63) is 42.1 Å². The number of H-pyrrole nitrogens is 1. The predicted molar refractivity (Wildman–Crippen MR) is 85.2 cm³/mol. The lowest BCUT2D eigenvalue weighted by Gasteiger charge is -2.17. The van der Waals surface area contributed by atoms with Crippen LogP contribution in [0.4, 0.5) is 0 Å². The maximum absolute atomic E-state index is 11.9. The Hall–Kier alpha value is -2.11. The number of carbonyl (C=O) groups is 1. The summed E-state index contributed by atoms with van der Waals surface area (Å²) in [4.78, 5) is 15.1. The molecule has 3 rings (SSSR count). The normalized spacial score (nSPS) is 20.7. The van der Waals surface area contributed by atoms with E-state index in [1.54, 1.807) is 0 Å². The number of benzene rings is 1. The average Bonchev–Trinajstić information content (AvgIpc) is 3.06. The molecule has 1 fully saturated rings. The molecule has 5 heteroatoms. The topological polar surface area (TPSA) is 63.3 Å². The molecule has 22 heavy (non-hydrogen) atoms. The minimum atomic E-state index is -0.560. The van der Waals surface area contributed by atoms with Crippen molar-refractivity contribution < 1.29 is 14.3 Å². The van der Waals surface area contributed by atoms with Crippen molar-refractivity contribution in [3.8, 4) is 0 Å². The van der Waals surface area contributed by atoms with E-state index in [1.165, 1.54) is 6.08 Å². The number of para-hydroxylation sites is 1. The van der Waals surface area contributed by atoms with Gasteiger partial charge in [0.2, 0.25) is 5.91 Å². The van der Waals surface area contributed by atoms with Gasteiger partial charge < -0.3 is 19.8 Å². The van der Waals surface area contributed by atoms with Crippen molar-refractivity contribution in [1.29, 1.82) is 0 Å². The van der Waals surface area contributed by atoms with Crippen LogP contribution in [0.5, 0.6) is 0 Å². The summed E-state index contributed by atoms with van der Waals surface area (Å²) in [5, 5.41) is 3.93. The first-order chi connectivity index (χ1) is 10.5. The van der Waals surface area contributed by atoms with Crippen LogP contribution < -0.4 is 5.32 Å². The van der Waals surface area contributed by atoms with Crippen molar-refractivity contribution in [2.24, 2.45) is 0 Å². The van der Waals surface area contributed by atoms with Gasteiger partial charge in [0.15, 0.2) is 5.79 Å². The second-order valence-electron chi connectivity index (χ2n) is 5.82. The van der Waals surface area contributed by atoms with Crippen LogP contribution in [0.15, 0.2) is 36.5 Å². The quantitative estimate of drug-likeness (QED) is 0.853. The van der Waals surface area contributed by atoms with Crippen LogP contribution >= 0.6 is 0 Å². The zero-order valence-corrected chi connectivity index (χ0v) is 12.8. The minimum Gasteiger partial charge on any atom is -0.361 e. The van der Waals surface area contributed by atoms with Gasteiger partial charge in [-0.2, -0.15) is 0 Å².